The van der Waals surface area contributed by atoms with Crippen molar-refractivity contribution in [3.8, 4) is 5.75 Å². The molecule has 21 heavy (non-hydrogen) atoms. The van der Waals surface area contributed by atoms with Crippen LogP contribution in [0.25, 0.3) is 6.08 Å². The molecule has 0 bridgehead atoms. The molecule has 0 atom stereocenters. The molecule has 1 aliphatic heterocycles. The van der Waals surface area contributed by atoms with E-state index in [1.165, 1.54) is 6.07 Å². The van der Waals surface area contributed by atoms with Gasteiger partial charge in [0, 0.05) is 11.1 Å². The Morgan fingerprint density at radius 2 is 1.76 bits per heavy atom. The Morgan fingerprint density at radius 1 is 1.19 bits per heavy atom. The van der Waals surface area contributed by atoms with E-state index in [1.54, 1.807) is 25.0 Å². The zero-order valence-electron chi connectivity index (χ0n) is 13.2. The minimum absolute atomic E-state index is 0.0229. The van der Waals surface area contributed by atoms with Gasteiger partial charge in [-0.25, -0.2) is 4.39 Å². The summed E-state index contributed by atoms with van der Waals surface area (Å²) in [5.74, 6) is 1.33. The number of hydrogen-bond acceptors (Lipinski definition) is 3. The molecule has 0 aliphatic carbocycles. The fourth-order valence-corrected chi connectivity index (χ4v) is 2.25. The van der Waals surface area contributed by atoms with Crippen molar-refractivity contribution in [2.75, 3.05) is 0 Å². The molecule has 3 nitrogen and oxygen atoms in total. The molecule has 0 saturated carbocycles. The van der Waals surface area contributed by atoms with Gasteiger partial charge in [-0.15, -0.1) is 0 Å². The quantitative estimate of drug-likeness (QED) is 0.863. The van der Waals surface area contributed by atoms with Crippen LogP contribution in [0.1, 0.15) is 45.7 Å². The molecule has 1 fully saturated rings. The van der Waals surface area contributed by atoms with E-state index < -0.39 is 18.3 Å². The summed E-state index contributed by atoms with van der Waals surface area (Å²) < 4.78 is 25.2. The van der Waals surface area contributed by atoms with Crippen molar-refractivity contribution in [3.05, 3.63) is 35.1 Å². The Kier molecular flexibility index (Phi) is 4.18. The maximum Gasteiger partial charge on any atom is 0.487 e. The number of hydrogen-bond donors (Lipinski definition) is 1. The third-order valence-electron chi connectivity index (χ3n) is 4.31. The van der Waals surface area contributed by atoms with Crippen molar-refractivity contribution < 1.29 is 18.8 Å². The smallest absolute Gasteiger partial charge is 0.487 e. The lowest BCUT2D eigenvalue weighted by Gasteiger charge is -2.32. The predicted molar refractivity (Wildman–Crippen MR) is 82.6 cm³/mol. The van der Waals surface area contributed by atoms with Gasteiger partial charge in [0.15, 0.2) is 0 Å². The largest absolute Gasteiger partial charge is 0.507 e. The van der Waals surface area contributed by atoms with Crippen LogP contribution < -0.4 is 0 Å². The van der Waals surface area contributed by atoms with E-state index in [4.69, 9.17) is 9.31 Å². The summed E-state index contributed by atoms with van der Waals surface area (Å²) in [7, 11) is -0.482. The summed E-state index contributed by atoms with van der Waals surface area (Å²) in [6.45, 7) is 9.72. The van der Waals surface area contributed by atoms with Crippen molar-refractivity contribution in [1.82, 2.24) is 0 Å². The van der Waals surface area contributed by atoms with Crippen molar-refractivity contribution in [2.24, 2.45) is 0 Å². The Balaban J connectivity index is 2.20. The van der Waals surface area contributed by atoms with Crippen LogP contribution in [0.2, 0.25) is 0 Å². The van der Waals surface area contributed by atoms with Gasteiger partial charge >= 0.3 is 7.12 Å². The second-order valence-electron chi connectivity index (χ2n) is 6.30. The molecular weight excluding hydrogens is 270 g/mol. The van der Waals surface area contributed by atoms with Crippen LogP contribution in [0, 0.1) is 5.82 Å². The highest BCUT2D eigenvalue weighted by atomic mass is 19.1. The van der Waals surface area contributed by atoms with E-state index >= 15 is 0 Å². The van der Waals surface area contributed by atoms with E-state index in [9.17, 15) is 9.50 Å². The van der Waals surface area contributed by atoms with E-state index in [-0.39, 0.29) is 11.6 Å². The molecule has 1 aromatic rings. The Morgan fingerprint density at radius 3 is 2.29 bits per heavy atom. The molecule has 1 saturated heterocycles. The molecule has 0 amide bonds. The van der Waals surface area contributed by atoms with Gasteiger partial charge < -0.3 is 14.4 Å². The number of benzene rings is 1. The van der Waals surface area contributed by atoms with Gasteiger partial charge in [-0.05, 0) is 46.2 Å². The van der Waals surface area contributed by atoms with Crippen LogP contribution in [-0.2, 0) is 15.7 Å². The number of phenolic OH excluding ortho intramolecular Hbond substituents is 1. The summed E-state index contributed by atoms with van der Waals surface area (Å²) in [6, 6.07) is 2.91. The molecule has 1 heterocycles. The summed E-state index contributed by atoms with van der Waals surface area (Å²) >= 11 is 0. The van der Waals surface area contributed by atoms with Crippen molar-refractivity contribution >= 4 is 13.2 Å². The van der Waals surface area contributed by atoms with Crippen LogP contribution in [-0.4, -0.2) is 23.4 Å². The van der Waals surface area contributed by atoms with Gasteiger partial charge in [-0.1, -0.05) is 19.0 Å². The molecule has 1 aliphatic rings. The normalized spacial score (nSPS) is 20.4. The first-order valence-corrected chi connectivity index (χ1v) is 7.22. The standard InChI is InChI=1S/C16H22BFO3/c1-6-12-13(18)8-7-11(14(12)19)9-10-17-20-15(2,3)16(4,5)21-17/h7-10,19H,6H2,1-5H3/b10-9-. The zero-order chi connectivity index (χ0) is 15.8. The van der Waals surface area contributed by atoms with E-state index in [2.05, 4.69) is 0 Å². The van der Waals surface area contributed by atoms with E-state index in [0.29, 0.717) is 17.5 Å². The monoisotopic (exact) mass is 292 g/mol. The first-order chi connectivity index (χ1) is 9.68. The van der Waals surface area contributed by atoms with Gasteiger partial charge in [0.2, 0.25) is 0 Å². The summed E-state index contributed by atoms with van der Waals surface area (Å²) in [5, 5.41) is 10.1. The van der Waals surface area contributed by atoms with Crippen molar-refractivity contribution in [3.63, 3.8) is 0 Å². The molecule has 0 aromatic heterocycles. The van der Waals surface area contributed by atoms with Crippen LogP contribution >= 0.6 is 0 Å². The second-order valence-corrected chi connectivity index (χ2v) is 6.30. The van der Waals surface area contributed by atoms with Crippen LogP contribution in [0.5, 0.6) is 5.75 Å². The van der Waals surface area contributed by atoms with Gasteiger partial charge in [-0.2, -0.15) is 0 Å². The van der Waals surface area contributed by atoms with Crippen LogP contribution in [0.15, 0.2) is 18.1 Å². The zero-order valence-corrected chi connectivity index (χ0v) is 13.2. The molecular formula is C16H22BFO3. The lowest BCUT2D eigenvalue weighted by Crippen LogP contribution is -2.41. The van der Waals surface area contributed by atoms with Gasteiger partial charge in [0.05, 0.1) is 11.2 Å². The molecule has 2 rings (SSSR count). The molecule has 0 unspecified atom stereocenters. The highest BCUT2D eigenvalue weighted by molar-refractivity contribution is 6.52. The second kappa shape index (κ2) is 5.46. The number of phenols is 1. The maximum atomic E-state index is 13.5. The number of rotatable bonds is 3. The Hall–Kier alpha value is -1.33. The van der Waals surface area contributed by atoms with Crippen molar-refractivity contribution in [1.29, 1.82) is 0 Å². The molecule has 0 spiro atoms. The van der Waals surface area contributed by atoms with Gasteiger partial charge in [-0.3, -0.25) is 0 Å². The molecule has 114 valence electrons. The van der Waals surface area contributed by atoms with Gasteiger partial charge in [0.25, 0.3) is 0 Å². The Bertz CT molecular complexity index is 551. The fraction of sp³-hybridized carbons (Fsp3) is 0.500. The van der Waals surface area contributed by atoms with Crippen LogP contribution in [0.4, 0.5) is 4.39 Å². The van der Waals surface area contributed by atoms with Gasteiger partial charge in [0.1, 0.15) is 11.6 Å². The third-order valence-corrected chi connectivity index (χ3v) is 4.31. The highest BCUT2D eigenvalue weighted by Crippen LogP contribution is 2.37. The predicted octanol–water partition coefficient (Wildman–Crippen LogP) is 3.74. The Labute approximate surface area is 125 Å². The minimum atomic E-state index is -0.482. The summed E-state index contributed by atoms with van der Waals surface area (Å²) in [5.41, 5.74) is 0.0806. The minimum Gasteiger partial charge on any atom is -0.507 e. The SMILES string of the molecule is CCc1c(F)ccc(/C=C\B2OC(C)(C)C(C)(C)O2)c1O. The maximum absolute atomic E-state index is 13.5. The molecule has 1 N–H and O–H groups in total. The first kappa shape index (κ1) is 16.1. The summed E-state index contributed by atoms with van der Waals surface area (Å²) in [4.78, 5) is 0. The number of aromatic hydroxyl groups is 1. The topological polar surface area (TPSA) is 38.7 Å². The molecule has 0 radical (unpaired) electrons. The van der Waals surface area contributed by atoms with E-state index in [0.717, 1.165) is 0 Å². The third kappa shape index (κ3) is 2.99. The fourth-order valence-electron chi connectivity index (χ4n) is 2.25. The molecule has 1 aromatic carbocycles. The summed E-state index contributed by atoms with van der Waals surface area (Å²) in [6.07, 6.45) is 2.14. The lowest BCUT2D eigenvalue weighted by atomic mass is 9.88. The lowest BCUT2D eigenvalue weighted by molar-refractivity contribution is 0.00578. The first-order valence-electron chi connectivity index (χ1n) is 7.22. The average molecular weight is 292 g/mol. The average Bonchev–Trinajstić information content (AvgIpc) is 2.57. The van der Waals surface area contributed by atoms with E-state index in [1.807, 2.05) is 27.7 Å². The number of halogens is 1. The highest BCUT2D eigenvalue weighted by Gasteiger charge is 2.50. The molecule has 5 heteroatoms. The van der Waals surface area contributed by atoms with Crippen LogP contribution in [0.3, 0.4) is 0 Å². The van der Waals surface area contributed by atoms with Crippen molar-refractivity contribution in [2.45, 2.75) is 52.2 Å².